The molecule has 4 aliphatic carbocycles. The van der Waals surface area contributed by atoms with Gasteiger partial charge in [-0.15, -0.1) is 0 Å². The van der Waals surface area contributed by atoms with Crippen LogP contribution in [-0.2, 0) is 19.6 Å². The lowest BCUT2D eigenvalue weighted by molar-refractivity contribution is -0.277. The molecule has 4 saturated carbocycles. The standard InChI is InChI=1S/C16H20F6O5S/c17-15(18,19)14(16(20,21)22,28(24,25)26)8-27-12(23)7-13-4-9-1-10(5-13)3-11(2-9)6-13/h9-11H,1-8H2,(H,24,25,26). The zero-order valence-electron chi connectivity index (χ0n) is 14.6. The summed E-state index contributed by atoms with van der Waals surface area (Å²) >= 11 is 0. The van der Waals surface area contributed by atoms with E-state index in [-0.39, 0.29) is 6.42 Å². The Morgan fingerprint density at radius 2 is 1.32 bits per heavy atom. The molecule has 12 heteroatoms. The second kappa shape index (κ2) is 6.48. The number of esters is 1. The molecule has 4 fully saturated rings. The Hall–Kier alpha value is -1.04. The second-order valence-electron chi connectivity index (χ2n) is 8.55. The molecule has 0 amide bonds. The Bertz CT molecular complexity index is 692. The highest BCUT2D eigenvalue weighted by molar-refractivity contribution is 7.87. The van der Waals surface area contributed by atoms with Crippen molar-refractivity contribution < 1.29 is 48.8 Å². The van der Waals surface area contributed by atoms with Gasteiger partial charge in [-0.25, -0.2) is 0 Å². The minimum Gasteiger partial charge on any atom is -0.463 e. The van der Waals surface area contributed by atoms with E-state index < -0.39 is 45.2 Å². The van der Waals surface area contributed by atoms with Gasteiger partial charge in [0.15, 0.2) is 0 Å². The smallest absolute Gasteiger partial charge is 0.423 e. The Morgan fingerprint density at radius 1 is 0.929 bits per heavy atom. The van der Waals surface area contributed by atoms with Gasteiger partial charge in [0.05, 0.1) is 6.42 Å². The Balaban J connectivity index is 1.76. The van der Waals surface area contributed by atoms with Gasteiger partial charge in [0, 0.05) is 0 Å². The van der Waals surface area contributed by atoms with E-state index in [1.807, 2.05) is 0 Å². The lowest BCUT2D eigenvalue weighted by atomic mass is 9.49. The summed E-state index contributed by atoms with van der Waals surface area (Å²) in [7, 11) is -6.72. The predicted octanol–water partition coefficient (Wildman–Crippen LogP) is 3.89. The molecule has 0 spiro atoms. The first kappa shape index (κ1) is 21.7. The third-order valence-corrected chi connectivity index (χ3v) is 7.94. The lowest BCUT2D eigenvalue weighted by Gasteiger charge is -2.56. The van der Waals surface area contributed by atoms with Crippen LogP contribution >= 0.6 is 0 Å². The van der Waals surface area contributed by atoms with Crippen molar-refractivity contribution in [3.63, 3.8) is 0 Å². The van der Waals surface area contributed by atoms with Crippen LogP contribution in [0.4, 0.5) is 26.3 Å². The molecule has 4 rings (SSSR count). The van der Waals surface area contributed by atoms with E-state index in [9.17, 15) is 39.6 Å². The van der Waals surface area contributed by atoms with E-state index >= 15 is 0 Å². The summed E-state index contributed by atoms with van der Waals surface area (Å²) in [5, 5.41) is 0. The van der Waals surface area contributed by atoms with Crippen LogP contribution in [0.3, 0.4) is 0 Å². The van der Waals surface area contributed by atoms with Gasteiger partial charge >= 0.3 is 23.1 Å². The fourth-order valence-electron chi connectivity index (χ4n) is 5.74. The van der Waals surface area contributed by atoms with Crippen LogP contribution in [0, 0.1) is 23.2 Å². The van der Waals surface area contributed by atoms with Crippen molar-refractivity contribution in [2.75, 3.05) is 6.61 Å². The maximum absolute atomic E-state index is 13.1. The highest BCUT2D eigenvalue weighted by Crippen LogP contribution is 2.61. The van der Waals surface area contributed by atoms with Crippen LogP contribution < -0.4 is 0 Å². The van der Waals surface area contributed by atoms with Gasteiger partial charge in [-0.2, -0.15) is 34.8 Å². The highest BCUT2D eigenvalue weighted by atomic mass is 32.2. The first-order valence-electron chi connectivity index (χ1n) is 8.85. The molecular weight excluding hydrogens is 418 g/mol. The Labute approximate surface area is 157 Å². The van der Waals surface area contributed by atoms with Crippen LogP contribution in [-0.4, -0.2) is 42.6 Å². The zero-order chi connectivity index (χ0) is 21.2. The summed E-state index contributed by atoms with van der Waals surface area (Å²) in [6.45, 7) is -2.57. The van der Waals surface area contributed by atoms with Gasteiger partial charge in [0.2, 0.25) is 0 Å². The topological polar surface area (TPSA) is 80.7 Å². The molecule has 0 aromatic carbocycles. The summed E-state index contributed by atoms with van der Waals surface area (Å²) in [6.07, 6.45) is -8.18. The van der Waals surface area contributed by atoms with Crippen molar-refractivity contribution in [2.45, 2.75) is 62.0 Å². The van der Waals surface area contributed by atoms with Crippen LogP contribution in [0.15, 0.2) is 0 Å². The number of hydrogen-bond acceptors (Lipinski definition) is 4. The molecule has 0 aromatic heterocycles. The van der Waals surface area contributed by atoms with Gasteiger partial charge in [-0.05, 0) is 61.7 Å². The van der Waals surface area contributed by atoms with Gasteiger partial charge in [0.25, 0.3) is 10.1 Å². The number of ether oxygens (including phenoxy) is 1. The summed E-state index contributed by atoms with van der Waals surface area (Å²) in [4.78, 5) is 12.1. The largest absolute Gasteiger partial charge is 0.463 e. The SMILES string of the molecule is O=C(CC12CC3CC(CC(C3)C1)C2)OCC(C(F)(F)F)(C(F)(F)F)S(=O)(=O)O. The average Bonchev–Trinajstić information content (AvgIpc) is 2.40. The molecule has 0 saturated heterocycles. The number of rotatable bonds is 5. The maximum atomic E-state index is 13.1. The van der Waals surface area contributed by atoms with Gasteiger partial charge in [-0.1, -0.05) is 0 Å². The predicted molar refractivity (Wildman–Crippen MR) is 82.6 cm³/mol. The summed E-state index contributed by atoms with van der Waals surface area (Å²) < 4.78 is 108. The molecule has 0 unspecified atom stereocenters. The van der Waals surface area contributed by atoms with Crippen LogP contribution in [0.2, 0.25) is 0 Å². The molecule has 0 atom stereocenters. The normalized spacial score (nSPS) is 33.2. The molecule has 0 radical (unpaired) electrons. The fraction of sp³-hybridized carbons (Fsp3) is 0.938. The van der Waals surface area contributed by atoms with E-state index in [4.69, 9.17) is 4.55 Å². The van der Waals surface area contributed by atoms with Crippen molar-refractivity contribution in [3.05, 3.63) is 0 Å². The van der Waals surface area contributed by atoms with Crippen LogP contribution in [0.1, 0.15) is 44.9 Å². The summed E-state index contributed by atoms with van der Waals surface area (Å²) in [6, 6.07) is 0. The quantitative estimate of drug-likeness (QED) is 0.400. The summed E-state index contributed by atoms with van der Waals surface area (Å²) in [5.41, 5.74) is -0.511. The number of alkyl halides is 6. The highest BCUT2D eigenvalue weighted by Gasteiger charge is 2.79. The lowest BCUT2D eigenvalue weighted by Crippen LogP contribution is -2.65. The van der Waals surface area contributed by atoms with Crippen LogP contribution in [0.5, 0.6) is 0 Å². The third kappa shape index (κ3) is 3.50. The molecule has 1 N–H and O–H groups in total. The molecule has 0 aliphatic heterocycles. The minimum atomic E-state index is -6.72. The van der Waals surface area contributed by atoms with Crippen molar-refractivity contribution >= 4 is 16.1 Å². The van der Waals surface area contributed by atoms with Crippen molar-refractivity contribution in [1.82, 2.24) is 0 Å². The number of carbonyl (C=O) groups is 1. The Kier molecular flexibility index (Phi) is 5.01. The van der Waals surface area contributed by atoms with E-state index in [0.717, 1.165) is 19.3 Å². The monoisotopic (exact) mass is 438 g/mol. The fourth-order valence-corrected chi connectivity index (χ4v) is 6.53. The first-order valence-corrected chi connectivity index (χ1v) is 10.3. The molecule has 162 valence electrons. The average molecular weight is 438 g/mol. The number of halogens is 6. The van der Waals surface area contributed by atoms with E-state index in [0.29, 0.717) is 37.0 Å². The van der Waals surface area contributed by atoms with E-state index in [1.165, 1.54) is 0 Å². The minimum absolute atomic E-state index is 0.353. The summed E-state index contributed by atoms with van der Waals surface area (Å²) in [5.74, 6) is -0.146. The molecule has 0 heterocycles. The number of hydrogen-bond donors (Lipinski definition) is 1. The van der Waals surface area contributed by atoms with Gasteiger partial charge < -0.3 is 4.74 Å². The molecule has 0 aromatic rings. The van der Waals surface area contributed by atoms with Crippen molar-refractivity contribution in [1.29, 1.82) is 0 Å². The van der Waals surface area contributed by atoms with Crippen molar-refractivity contribution in [3.8, 4) is 0 Å². The van der Waals surface area contributed by atoms with Gasteiger partial charge in [-0.3, -0.25) is 9.35 Å². The molecule has 4 aliphatic rings. The van der Waals surface area contributed by atoms with E-state index in [2.05, 4.69) is 4.74 Å². The second-order valence-corrected chi connectivity index (χ2v) is 10.2. The number of carbonyl (C=O) groups excluding carboxylic acids is 1. The first-order chi connectivity index (χ1) is 12.6. The maximum Gasteiger partial charge on any atom is 0.423 e. The van der Waals surface area contributed by atoms with Crippen molar-refractivity contribution in [2.24, 2.45) is 23.2 Å². The molecule has 4 bridgehead atoms. The van der Waals surface area contributed by atoms with Gasteiger partial charge in [0.1, 0.15) is 6.61 Å². The third-order valence-electron chi connectivity index (χ3n) is 6.48. The van der Waals surface area contributed by atoms with E-state index in [1.54, 1.807) is 0 Å². The molecule has 28 heavy (non-hydrogen) atoms. The molecular formula is C16H20F6O5S. The van der Waals surface area contributed by atoms with Crippen LogP contribution in [0.25, 0.3) is 0 Å². The molecule has 5 nitrogen and oxygen atoms in total. The zero-order valence-corrected chi connectivity index (χ0v) is 15.5. The Morgan fingerprint density at radius 3 is 1.64 bits per heavy atom.